The molecule has 0 aliphatic heterocycles. The van der Waals surface area contributed by atoms with Crippen LogP contribution in [0.4, 0.5) is 4.39 Å². The fraction of sp³-hybridized carbons (Fsp3) is 0.500. The molecule has 0 saturated heterocycles. The Morgan fingerprint density at radius 1 is 1.47 bits per heavy atom. The summed E-state index contributed by atoms with van der Waals surface area (Å²) >= 11 is 0. The maximum atomic E-state index is 12.9. The Morgan fingerprint density at radius 2 is 2.26 bits per heavy atom. The van der Waals surface area contributed by atoms with Crippen LogP contribution in [0.3, 0.4) is 0 Å². The first-order valence-corrected chi connectivity index (χ1v) is 6.45. The molecule has 0 heterocycles. The molecule has 0 spiro atoms. The highest BCUT2D eigenvalue weighted by Gasteiger charge is 2.34. The molecule has 0 atom stereocenters. The van der Waals surface area contributed by atoms with E-state index in [1.54, 1.807) is 12.1 Å². The fourth-order valence-corrected chi connectivity index (χ4v) is 1.93. The average Bonchev–Trinajstić information content (AvgIpc) is 2.34. The second-order valence-electron chi connectivity index (χ2n) is 4.91. The van der Waals surface area contributed by atoms with Crippen LogP contribution in [0.1, 0.15) is 25.7 Å². The van der Waals surface area contributed by atoms with Crippen molar-refractivity contribution in [2.45, 2.75) is 31.3 Å². The average molecular weight is 267 g/mol. The molecule has 0 aromatic heterocycles. The van der Waals surface area contributed by atoms with Crippen molar-refractivity contribution in [3.8, 4) is 5.75 Å². The van der Waals surface area contributed by atoms with E-state index in [9.17, 15) is 14.3 Å². The number of amides is 1. The molecule has 1 aromatic carbocycles. The molecule has 1 aliphatic rings. The Balaban J connectivity index is 1.63. The predicted octanol–water partition coefficient (Wildman–Crippen LogP) is 1.63. The lowest BCUT2D eigenvalue weighted by Gasteiger charge is -2.36. The molecular formula is C14H18FNO3. The lowest BCUT2D eigenvalue weighted by molar-refractivity contribution is -0.124. The van der Waals surface area contributed by atoms with E-state index in [2.05, 4.69) is 5.32 Å². The number of aliphatic hydroxyl groups is 1. The van der Waals surface area contributed by atoms with Crippen LogP contribution in [0.15, 0.2) is 24.3 Å². The van der Waals surface area contributed by atoms with Crippen LogP contribution >= 0.6 is 0 Å². The molecule has 4 nitrogen and oxygen atoms in total. The third-order valence-electron chi connectivity index (χ3n) is 3.29. The van der Waals surface area contributed by atoms with Gasteiger partial charge in [-0.05, 0) is 31.4 Å². The van der Waals surface area contributed by atoms with E-state index in [-0.39, 0.29) is 24.8 Å². The van der Waals surface area contributed by atoms with E-state index in [0.717, 1.165) is 19.3 Å². The molecule has 104 valence electrons. The Morgan fingerprint density at radius 3 is 2.89 bits per heavy atom. The Labute approximate surface area is 111 Å². The van der Waals surface area contributed by atoms with Crippen LogP contribution in [0.2, 0.25) is 0 Å². The number of carbonyl (C=O) groups excluding carboxylic acids is 1. The molecule has 2 rings (SSSR count). The van der Waals surface area contributed by atoms with Gasteiger partial charge in [0.05, 0.1) is 18.6 Å². The Hall–Kier alpha value is -1.62. The van der Waals surface area contributed by atoms with Crippen molar-refractivity contribution >= 4 is 5.91 Å². The van der Waals surface area contributed by atoms with Crippen molar-refractivity contribution in [2.24, 2.45) is 0 Å². The van der Waals surface area contributed by atoms with Crippen molar-refractivity contribution in [2.75, 3.05) is 13.2 Å². The highest BCUT2D eigenvalue weighted by atomic mass is 19.1. The van der Waals surface area contributed by atoms with E-state index >= 15 is 0 Å². The minimum Gasteiger partial charge on any atom is -0.493 e. The van der Waals surface area contributed by atoms with Crippen molar-refractivity contribution in [3.05, 3.63) is 30.1 Å². The molecule has 1 fully saturated rings. The van der Waals surface area contributed by atoms with Crippen LogP contribution < -0.4 is 10.1 Å². The van der Waals surface area contributed by atoms with Gasteiger partial charge >= 0.3 is 0 Å². The predicted molar refractivity (Wildman–Crippen MR) is 68.3 cm³/mol. The minimum atomic E-state index is -0.709. The number of ether oxygens (including phenoxy) is 1. The molecule has 2 N–H and O–H groups in total. The number of rotatable bonds is 6. The van der Waals surface area contributed by atoms with Crippen molar-refractivity contribution in [1.29, 1.82) is 0 Å². The van der Waals surface area contributed by atoms with Crippen LogP contribution in [0, 0.1) is 5.82 Å². The third-order valence-corrected chi connectivity index (χ3v) is 3.29. The minimum absolute atomic E-state index is 0.170. The summed E-state index contributed by atoms with van der Waals surface area (Å²) < 4.78 is 18.1. The van der Waals surface area contributed by atoms with E-state index in [0.29, 0.717) is 12.3 Å². The van der Waals surface area contributed by atoms with Crippen molar-refractivity contribution in [3.63, 3.8) is 0 Å². The number of hydrogen-bond donors (Lipinski definition) is 2. The smallest absolute Gasteiger partial charge is 0.223 e. The standard InChI is InChI=1S/C14H18FNO3/c15-11-3-1-4-12(9-11)19-8-5-13(17)16-10-14(18)6-2-7-14/h1,3-4,9,18H,2,5-8,10H2,(H,16,17). The van der Waals surface area contributed by atoms with Gasteiger partial charge in [-0.2, -0.15) is 0 Å². The molecule has 0 radical (unpaired) electrons. The number of nitrogens with one attached hydrogen (secondary N) is 1. The van der Waals surface area contributed by atoms with Gasteiger partial charge < -0.3 is 15.2 Å². The fourth-order valence-electron chi connectivity index (χ4n) is 1.93. The number of benzene rings is 1. The summed E-state index contributed by atoms with van der Waals surface area (Å²) in [6, 6.07) is 5.79. The molecule has 1 aliphatic carbocycles. The van der Waals surface area contributed by atoms with Crippen molar-refractivity contribution < 1.29 is 19.0 Å². The van der Waals surface area contributed by atoms with Gasteiger partial charge in [0.2, 0.25) is 5.91 Å². The number of carbonyl (C=O) groups is 1. The van der Waals surface area contributed by atoms with E-state index in [1.165, 1.54) is 12.1 Å². The SMILES string of the molecule is O=C(CCOc1cccc(F)c1)NCC1(O)CCC1. The summed E-state index contributed by atoms with van der Waals surface area (Å²) in [5.41, 5.74) is -0.709. The maximum Gasteiger partial charge on any atom is 0.223 e. The van der Waals surface area contributed by atoms with E-state index < -0.39 is 5.60 Å². The third kappa shape index (κ3) is 4.21. The van der Waals surface area contributed by atoms with Crippen molar-refractivity contribution in [1.82, 2.24) is 5.32 Å². The monoisotopic (exact) mass is 267 g/mol. The highest BCUT2D eigenvalue weighted by molar-refractivity contribution is 5.76. The van der Waals surface area contributed by atoms with Gasteiger partial charge in [0.25, 0.3) is 0 Å². The first-order valence-electron chi connectivity index (χ1n) is 6.45. The maximum absolute atomic E-state index is 12.9. The summed E-state index contributed by atoms with van der Waals surface area (Å²) in [6.07, 6.45) is 2.68. The van der Waals surface area contributed by atoms with Crippen LogP contribution in [0.25, 0.3) is 0 Å². The topological polar surface area (TPSA) is 58.6 Å². The summed E-state index contributed by atoms with van der Waals surface area (Å²) in [4.78, 5) is 11.5. The van der Waals surface area contributed by atoms with Gasteiger partial charge in [0.15, 0.2) is 0 Å². The summed E-state index contributed by atoms with van der Waals surface area (Å²) in [5, 5.41) is 12.5. The zero-order valence-corrected chi connectivity index (χ0v) is 10.7. The Kier molecular flexibility index (Phi) is 4.37. The van der Waals surface area contributed by atoms with Crippen LogP contribution in [-0.4, -0.2) is 29.8 Å². The molecule has 19 heavy (non-hydrogen) atoms. The largest absolute Gasteiger partial charge is 0.493 e. The van der Waals surface area contributed by atoms with Gasteiger partial charge in [-0.1, -0.05) is 6.07 Å². The molecule has 1 saturated carbocycles. The van der Waals surface area contributed by atoms with E-state index in [1.807, 2.05) is 0 Å². The van der Waals surface area contributed by atoms with Gasteiger partial charge in [0, 0.05) is 12.6 Å². The first-order chi connectivity index (χ1) is 9.07. The van der Waals surface area contributed by atoms with Crippen LogP contribution in [-0.2, 0) is 4.79 Å². The van der Waals surface area contributed by atoms with Gasteiger partial charge in [0.1, 0.15) is 11.6 Å². The van der Waals surface area contributed by atoms with Crippen LogP contribution in [0.5, 0.6) is 5.75 Å². The zero-order valence-electron chi connectivity index (χ0n) is 10.7. The summed E-state index contributed by atoms with van der Waals surface area (Å²) in [5.74, 6) is -0.128. The molecule has 0 bridgehead atoms. The summed E-state index contributed by atoms with van der Waals surface area (Å²) in [6.45, 7) is 0.486. The van der Waals surface area contributed by atoms with Gasteiger partial charge in [-0.3, -0.25) is 4.79 Å². The number of halogens is 1. The van der Waals surface area contributed by atoms with Gasteiger partial charge in [-0.15, -0.1) is 0 Å². The highest BCUT2D eigenvalue weighted by Crippen LogP contribution is 2.30. The lowest BCUT2D eigenvalue weighted by atomic mass is 9.80. The normalized spacial score (nSPS) is 16.5. The van der Waals surface area contributed by atoms with Gasteiger partial charge in [-0.25, -0.2) is 4.39 Å². The number of hydrogen-bond acceptors (Lipinski definition) is 3. The molecule has 0 unspecified atom stereocenters. The second kappa shape index (κ2) is 6.02. The second-order valence-corrected chi connectivity index (χ2v) is 4.91. The van der Waals surface area contributed by atoms with E-state index in [4.69, 9.17) is 4.74 Å². The summed E-state index contributed by atoms with van der Waals surface area (Å²) in [7, 11) is 0. The quantitative estimate of drug-likeness (QED) is 0.823. The lowest BCUT2D eigenvalue weighted by Crippen LogP contribution is -2.47. The molecule has 1 amide bonds. The molecule has 5 heteroatoms. The molecule has 1 aromatic rings. The zero-order chi connectivity index (χ0) is 13.7. The molecular weight excluding hydrogens is 249 g/mol. The first kappa shape index (κ1) is 13.8. The Bertz CT molecular complexity index is 446.